The van der Waals surface area contributed by atoms with E-state index in [0.29, 0.717) is 5.92 Å². The molecule has 0 nitrogen and oxygen atoms in total. The molecule has 0 aromatic heterocycles. The van der Waals surface area contributed by atoms with Gasteiger partial charge < -0.3 is 0 Å². The van der Waals surface area contributed by atoms with E-state index in [9.17, 15) is 0 Å². The molecule has 0 saturated carbocycles. The van der Waals surface area contributed by atoms with Crippen LogP contribution in [0.4, 0.5) is 0 Å². The number of aryl methyl sites for hydroxylation is 2. The maximum Gasteiger partial charge on any atom is 1.00 e. The minimum Gasteiger partial charge on any atom is -0.151 e. The van der Waals surface area contributed by atoms with Crippen LogP contribution in [0.2, 0.25) is 13.1 Å². The van der Waals surface area contributed by atoms with Crippen molar-refractivity contribution in [2.24, 2.45) is 0 Å². The molecular formula is C28H32Li2Si. The molecule has 1 aliphatic carbocycles. The Morgan fingerprint density at radius 3 is 2.48 bits per heavy atom. The molecule has 1 unspecified atom stereocenters. The molecular weight excluding hydrogens is 378 g/mol. The number of hydrogen-bond donors (Lipinski definition) is 0. The van der Waals surface area contributed by atoms with E-state index in [2.05, 4.69) is 81.5 Å². The quantitative estimate of drug-likeness (QED) is 0.335. The third kappa shape index (κ3) is 4.10. The van der Waals surface area contributed by atoms with Crippen molar-refractivity contribution in [1.82, 2.24) is 0 Å². The van der Waals surface area contributed by atoms with E-state index in [1.165, 1.54) is 42.9 Å². The number of hydrogen-bond acceptors (Lipinski definition) is 0. The molecule has 0 saturated heterocycles. The van der Waals surface area contributed by atoms with Gasteiger partial charge in [-0.05, 0) is 18.8 Å². The summed E-state index contributed by atoms with van der Waals surface area (Å²) < 4.78 is 0. The van der Waals surface area contributed by atoms with Crippen molar-refractivity contribution in [3.8, 4) is 0 Å². The average Bonchev–Trinajstić information content (AvgIpc) is 3.42. The molecule has 0 fully saturated rings. The third-order valence-corrected chi connectivity index (χ3v) is 11.0. The largest absolute Gasteiger partial charge is 1.00 e. The van der Waals surface area contributed by atoms with Gasteiger partial charge in [-0.2, -0.15) is 6.07 Å². The minimum absolute atomic E-state index is 0. The standard InChI is InChI=1S/C28H32Si.2Li/c1-5-9-19(2)24-18-28(26-17-22-12-8-11-21(22)16-25(24)26)29(3,4)27-15-14-20-10-6-7-13-23(20)27;;/h6-7,10,13-19H,5,8-9,11-12H2,1-4H3;;/q-2;2*+1. The summed E-state index contributed by atoms with van der Waals surface area (Å²) in [5, 5.41) is 9.21. The minimum atomic E-state index is -1.81. The van der Waals surface area contributed by atoms with Gasteiger partial charge in [0.05, 0.1) is 0 Å². The zero-order valence-electron chi connectivity index (χ0n) is 20.3. The Bertz CT molecular complexity index is 1190. The zero-order chi connectivity index (χ0) is 20.2. The van der Waals surface area contributed by atoms with Crippen LogP contribution < -0.4 is 48.1 Å². The molecule has 0 spiro atoms. The van der Waals surface area contributed by atoms with Crippen LogP contribution in [-0.2, 0) is 12.8 Å². The first kappa shape index (κ1) is 24.7. The summed E-state index contributed by atoms with van der Waals surface area (Å²) in [5.41, 5.74) is 4.82. The van der Waals surface area contributed by atoms with Crippen LogP contribution in [0.25, 0.3) is 21.5 Å². The van der Waals surface area contributed by atoms with Gasteiger partial charge in [0.15, 0.2) is 0 Å². The summed E-state index contributed by atoms with van der Waals surface area (Å²) in [5.74, 6) is 0.636. The molecule has 1 aliphatic rings. The van der Waals surface area contributed by atoms with Gasteiger partial charge in [-0.3, -0.25) is 0 Å². The molecule has 4 aromatic carbocycles. The first-order valence-corrected chi connectivity index (χ1v) is 14.4. The predicted octanol–water partition coefficient (Wildman–Crippen LogP) is 0.654. The van der Waals surface area contributed by atoms with Crippen LogP contribution in [0.5, 0.6) is 0 Å². The summed E-state index contributed by atoms with van der Waals surface area (Å²) in [6, 6.07) is 21.4. The number of benzene rings is 2. The first-order valence-electron chi connectivity index (χ1n) is 11.4. The average molecular weight is 411 g/mol. The Morgan fingerprint density at radius 2 is 1.71 bits per heavy atom. The molecule has 0 bridgehead atoms. The second-order valence-corrected chi connectivity index (χ2v) is 14.0. The third-order valence-electron chi connectivity index (χ3n) is 7.41. The van der Waals surface area contributed by atoms with Crippen LogP contribution in [0.3, 0.4) is 0 Å². The zero-order valence-corrected chi connectivity index (χ0v) is 21.3. The Labute approximate surface area is 212 Å². The van der Waals surface area contributed by atoms with Gasteiger partial charge in [0.2, 0.25) is 0 Å². The van der Waals surface area contributed by atoms with Crippen molar-refractivity contribution < 1.29 is 37.7 Å². The second-order valence-electron chi connectivity index (χ2n) is 9.68. The van der Waals surface area contributed by atoms with E-state index in [1.807, 2.05) is 0 Å². The van der Waals surface area contributed by atoms with Crippen LogP contribution in [0.15, 0.2) is 54.6 Å². The van der Waals surface area contributed by atoms with Crippen molar-refractivity contribution in [3.63, 3.8) is 0 Å². The van der Waals surface area contributed by atoms with Crippen molar-refractivity contribution in [3.05, 3.63) is 71.3 Å². The molecule has 5 rings (SSSR count). The molecule has 0 heterocycles. The molecule has 0 amide bonds. The predicted molar refractivity (Wildman–Crippen MR) is 131 cm³/mol. The summed E-state index contributed by atoms with van der Waals surface area (Å²) in [6.07, 6.45) is 6.38. The molecule has 0 N–H and O–H groups in total. The fourth-order valence-electron chi connectivity index (χ4n) is 5.75. The fraction of sp³-hybridized carbons (Fsp3) is 0.357. The molecule has 1 atom stereocenters. The van der Waals surface area contributed by atoms with Crippen LogP contribution >= 0.6 is 0 Å². The van der Waals surface area contributed by atoms with Gasteiger partial charge in [-0.1, -0.05) is 57.0 Å². The molecule has 3 heteroatoms. The molecule has 4 aromatic rings. The van der Waals surface area contributed by atoms with Crippen LogP contribution in [0, 0.1) is 0 Å². The fourth-order valence-corrected chi connectivity index (χ4v) is 8.84. The maximum absolute atomic E-state index is 2.62. The van der Waals surface area contributed by atoms with Crippen LogP contribution in [0.1, 0.15) is 55.7 Å². The normalized spacial score (nSPS) is 14.3. The van der Waals surface area contributed by atoms with Crippen molar-refractivity contribution in [2.75, 3.05) is 0 Å². The Hall–Kier alpha value is -0.928. The van der Waals surface area contributed by atoms with Crippen LogP contribution in [-0.4, -0.2) is 8.07 Å². The van der Waals surface area contributed by atoms with E-state index in [1.54, 1.807) is 37.8 Å². The monoisotopic (exact) mass is 410 g/mol. The van der Waals surface area contributed by atoms with E-state index in [-0.39, 0.29) is 37.7 Å². The molecule has 31 heavy (non-hydrogen) atoms. The van der Waals surface area contributed by atoms with Crippen molar-refractivity contribution >= 4 is 40.0 Å². The topological polar surface area (TPSA) is 0 Å². The van der Waals surface area contributed by atoms with E-state index >= 15 is 0 Å². The summed E-state index contributed by atoms with van der Waals surface area (Å²) >= 11 is 0. The van der Waals surface area contributed by atoms with Gasteiger partial charge in [-0.25, -0.2) is 0 Å². The Morgan fingerprint density at radius 1 is 0.935 bits per heavy atom. The van der Waals surface area contributed by atoms with Gasteiger partial charge in [-0.15, -0.1) is 86.4 Å². The van der Waals surface area contributed by atoms with E-state index in [0.717, 1.165) is 0 Å². The van der Waals surface area contributed by atoms with Crippen molar-refractivity contribution in [2.45, 2.75) is 65.0 Å². The van der Waals surface area contributed by atoms with Gasteiger partial charge in [0.25, 0.3) is 0 Å². The van der Waals surface area contributed by atoms with E-state index in [4.69, 9.17) is 0 Å². The number of rotatable bonds is 5. The smallest absolute Gasteiger partial charge is 0.151 e. The SMILES string of the molecule is CCCC(C)c1cc([Si](C)(C)c2cc[c-]3ccccc23)c2cc3c(c[c-]12)CCC3.[Li+].[Li+]. The molecule has 0 aliphatic heterocycles. The van der Waals surface area contributed by atoms with Crippen molar-refractivity contribution in [1.29, 1.82) is 0 Å². The summed E-state index contributed by atoms with van der Waals surface area (Å²) in [7, 11) is -1.81. The maximum atomic E-state index is 2.62. The summed E-state index contributed by atoms with van der Waals surface area (Å²) in [6.45, 7) is 9.87. The Kier molecular flexibility index (Phi) is 7.58. The van der Waals surface area contributed by atoms with Gasteiger partial charge in [0.1, 0.15) is 0 Å². The van der Waals surface area contributed by atoms with Gasteiger partial charge in [0, 0.05) is 8.07 Å². The Balaban J connectivity index is 0.00000136. The molecule has 0 radical (unpaired) electrons. The van der Waals surface area contributed by atoms with E-state index < -0.39 is 8.07 Å². The second kappa shape index (κ2) is 9.51. The molecule has 150 valence electrons. The van der Waals surface area contributed by atoms with Gasteiger partial charge >= 0.3 is 37.7 Å². The number of fused-ring (bicyclic) bond motifs is 3. The first-order chi connectivity index (χ1) is 14.0. The summed E-state index contributed by atoms with van der Waals surface area (Å²) in [4.78, 5) is 0.